The highest BCUT2D eigenvalue weighted by atomic mass is 32.1. The summed E-state index contributed by atoms with van der Waals surface area (Å²) < 4.78 is 40.3. The number of hydrogen-bond donors (Lipinski definition) is 0. The second kappa shape index (κ2) is 7.90. The molecule has 150 valence electrons. The van der Waals surface area contributed by atoms with Gasteiger partial charge in [0.15, 0.2) is 0 Å². The molecule has 3 aromatic heterocycles. The molecule has 0 aliphatic carbocycles. The van der Waals surface area contributed by atoms with Gasteiger partial charge < -0.3 is 4.90 Å². The molecule has 4 rings (SSSR count). The van der Waals surface area contributed by atoms with Crippen molar-refractivity contribution in [2.75, 3.05) is 13.1 Å². The van der Waals surface area contributed by atoms with E-state index in [9.17, 15) is 18.0 Å². The smallest absolute Gasteiger partial charge is 0.337 e. The average molecular weight is 418 g/mol. The number of nitrogens with zero attached hydrogens (tertiary/aromatic N) is 4. The predicted molar refractivity (Wildman–Crippen MR) is 102 cm³/mol. The van der Waals surface area contributed by atoms with Crippen LogP contribution in [0.3, 0.4) is 0 Å². The van der Waals surface area contributed by atoms with Crippen molar-refractivity contribution in [1.29, 1.82) is 0 Å². The minimum Gasteiger partial charge on any atom is -0.337 e. The molecule has 1 unspecified atom stereocenters. The molecule has 0 aromatic carbocycles. The molecule has 0 spiro atoms. The van der Waals surface area contributed by atoms with Crippen molar-refractivity contribution in [2.45, 2.75) is 24.9 Å². The first kappa shape index (κ1) is 19.5. The Kier molecular flexibility index (Phi) is 5.31. The molecule has 5 nitrogen and oxygen atoms in total. The molecule has 9 heteroatoms. The number of likely N-dealkylation sites (tertiary alicyclic amines) is 1. The van der Waals surface area contributed by atoms with Gasteiger partial charge in [-0.3, -0.25) is 9.78 Å². The minimum atomic E-state index is -4.57. The Morgan fingerprint density at radius 3 is 2.72 bits per heavy atom. The molecule has 1 aliphatic heterocycles. The van der Waals surface area contributed by atoms with Gasteiger partial charge >= 0.3 is 6.18 Å². The van der Waals surface area contributed by atoms with Gasteiger partial charge in [-0.1, -0.05) is 12.1 Å². The molecule has 1 atom stereocenters. The number of carbonyl (C=O) groups excluding carboxylic acids is 1. The molecule has 3 aromatic rings. The highest BCUT2D eigenvalue weighted by Gasteiger charge is 2.35. The fourth-order valence-corrected chi connectivity index (χ4v) is 4.05. The first-order chi connectivity index (χ1) is 13.9. The van der Waals surface area contributed by atoms with Crippen molar-refractivity contribution >= 4 is 17.2 Å². The van der Waals surface area contributed by atoms with E-state index in [1.165, 1.54) is 17.5 Å². The number of halogens is 3. The maximum atomic E-state index is 13.4. The first-order valence-corrected chi connectivity index (χ1v) is 10.00. The van der Waals surface area contributed by atoms with E-state index in [1.807, 2.05) is 0 Å². The van der Waals surface area contributed by atoms with Crippen molar-refractivity contribution < 1.29 is 18.0 Å². The number of thiophene rings is 1. The van der Waals surface area contributed by atoms with Gasteiger partial charge in [-0.15, -0.1) is 11.3 Å². The van der Waals surface area contributed by atoms with E-state index < -0.39 is 11.9 Å². The number of alkyl halides is 3. The van der Waals surface area contributed by atoms with Crippen LogP contribution in [0.4, 0.5) is 13.2 Å². The third kappa shape index (κ3) is 4.29. The summed E-state index contributed by atoms with van der Waals surface area (Å²) in [6, 6.07) is 9.55. The summed E-state index contributed by atoms with van der Waals surface area (Å²) in [7, 11) is 0. The molecule has 1 aliphatic rings. The molecule has 0 N–H and O–H groups in total. The largest absolute Gasteiger partial charge is 0.433 e. The van der Waals surface area contributed by atoms with Gasteiger partial charge in [-0.25, -0.2) is 9.97 Å². The number of piperidine rings is 1. The van der Waals surface area contributed by atoms with E-state index in [0.29, 0.717) is 30.0 Å². The normalized spacial score (nSPS) is 17.3. The summed E-state index contributed by atoms with van der Waals surface area (Å²) in [4.78, 5) is 27.3. The van der Waals surface area contributed by atoms with Crippen molar-refractivity contribution in [1.82, 2.24) is 19.9 Å². The zero-order valence-corrected chi connectivity index (χ0v) is 16.1. The Bertz CT molecular complexity index is 993. The average Bonchev–Trinajstić information content (AvgIpc) is 3.28. The van der Waals surface area contributed by atoms with Gasteiger partial charge in [0.1, 0.15) is 17.2 Å². The van der Waals surface area contributed by atoms with Crippen LogP contribution in [0.2, 0.25) is 0 Å². The lowest BCUT2D eigenvalue weighted by molar-refractivity contribution is -0.141. The molecule has 1 saturated heterocycles. The third-order valence-corrected chi connectivity index (χ3v) is 5.66. The summed E-state index contributed by atoms with van der Waals surface area (Å²) in [6.45, 7) is 0.795. The van der Waals surface area contributed by atoms with E-state index in [4.69, 9.17) is 0 Å². The monoisotopic (exact) mass is 418 g/mol. The van der Waals surface area contributed by atoms with Crippen LogP contribution in [-0.2, 0) is 6.18 Å². The standard InChI is InChI=1S/C20H17F3N4OS/c21-20(22,23)17-11-15(16-7-4-10-29-16)25-18(26-17)13-5-3-9-27(12-13)19(28)14-6-1-2-8-24-14/h1-2,4,6-8,10-11,13H,3,5,9,12H2. The summed E-state index contributed by atoms with van der Waals surface area (Å²) in [5, 5.41) is 1.79. The van der Waals surface area contributed by atoms with Crippen molar-refractivity contribution in [3.63, 3.8) is 0 Å². The first-order valence-electron chi connectivity index (χ1n) is 9.12. The van der Waals surface area contributed by atoms with Crippen LogP contribution in [0.5, 0.6) is 0 Å². The molecule has 1 amide bonds. The van der Waals surface area contributed by atoms with Gasteiger partial charge in [0.05, 0.1) is 10.6 Å². The summed E-state index contributed by atoms with van der Waals surface area (Å²) in [5.41, 5.74) is -0.387. The lowest BCUT2D eigenvalue weighted by atomic mass is 9.96. The zero-order chi connectivity index (χ0) is 20.4. The highest BCUT2D eigenvalue weighted by molar-refractivity contribution is 7.13. The van der Waals surface area contributed by atoms with E-state index in [0.717, 1.165) is 6.07 Å². The third-order valence-electron chi connectivity index (χ3n) is 4.77. The van der Waals surface area contributed by atoms with Gasteiger partial charge in [-0.05, 0) is 42.5 Å². The number of rotatable bonds is 3. The van der Waals surface area contributed by atoms with Gasteiger partial charge in [0.25, 0.3) is 5.91 Å². The van der Waals surface area contributed by atoms with Gasteiger partial charge in [0, 0.05) is 25.2 Å². The van der Waals surface area contributed by atoms with Crippen LogP contribution in [0.25, 0.3) is 10.6 Å². The second-order valence-electron chi connectivity index (χ2n) is 6.78. The van der Waals surface area contributed by atoms with Crippen LogP contribution < -0.4 is 0 Å². The van der Waals surface area contributed by atoms with E-state index in [-0.39, 0.29) is 29.9 Å². The number of carbonyl (C=O) groups is 1. The zero-order valence-electron chi connectivity index (χ0n) is 15.3. The minimum absolute atomic E-state index is 0.127. The number of aromatic nitrogens is 3. The fraction of sp³-hybridized carbons (Fsp3) is 0.300. The van der Waals surface area contributed by atoms with Crippen molar-refractivity contribution in [3.8, 4) is 10.6 Å². The molecule has 0 radical (unpaired) electrons. The Morgan fingerprint density at radius 2 is 2.03 bits per heavy atom. The maximum absolute atomic E-state index is 13.4. The number of hydrogen-bond acceptors (Lipinski definition) is 5. The molecular weight excluding hydrogens is 401 g/mol. The van der Waals surface area contributed by atoms with Gasteiger partial charge in [0.2, 0.25) is 0 Å². The van der Waals surface area contributed by atoms with Crippen LogP contribution in [-0.4, -0.2) is 38.8 Å². The molecule has 0 saturated carbocycles. The quantitative estimate of drug-likeness (QED) is 0.622. The predicted octanol–water partition coefficient (Wildman–Crippen LogP) is 4.64. The SMILES string of the molecule is O=C(c1ccccn1)N1CCCC(c2nc(-c3cccs3)cc(C(F)(F)F)n2)C1. The summed E-state index contributed by atoms with van der Waals surface area (Å²) >= 11 is 1.32. The molecular formula is C20H17F3N4OS. The number of pyridine rings is 1. The molecule has 0 bridgehead atoms. The van der Waals surface area contributed by atoms with Crippen molar-refractivity contribution in [2.24, 2.45) is 0 Å². The number of amides is 1. The molecule has 4 heterocycles. The molecule has 1 fully saturated rings. The highest BCUT2D eigenvalue weighted by Crippen LogP contribution is 2.34. The Labute approximate surface area is 169 Å². The summed E-state index contributed by atoms with van der Waals surface area (Å²) in [6.07, 6.45) is -1.74. The Morgan fingerprint density at radius 1 is 1.17 bits per heavy atom. The van der Waals surface area contributed by atoms with E-state index in [1.54, 1.807) is 40.6 Å². The van der Waals surface area contributed by atoms with Crippen LogP contribution in [0.1, 0.15) is 40.8 Å². The van der Waals surface area contributed by atoms with Crippen LogP contribution >= 0.6 is 11.3 Å². The Balaban J connectivity index is 1.65. The fourth-order valence-electron chi connectivity index (χ4n) is 3.37. The van der Waals surface area contributed by atoms with Gasteiger partial charge in [-0.2, -0.15) is 13.2 Å². The van der Waals surface area contributed by atoms with Crippen LogP contribution in [0.15, 0.2) is 48.0 Å². The Hall–Kier alpha value is -2.81. The second-order valence-corrected chi connectivity index (χ2v) is 7.72. The topological polar surface area (TPSA) is 59.0 Å². The maximum Gasteiger partial charge on any atom is 0.433 e. The lowest BCUT2D eigenvalue weighted by Gasteiger charge is -2.32. The van der Waals surface area contributed by atoms with E-state index >= 15 is 0 Å². The summed E-state index contributed by atoms with van der Waals surface area (Å²) in [5.74, 6) is -0.472. The van der Waals surface area contributed by atoms with E-state index in [2.05, 4.69) is 15.0 Å². The van der Waals surface area contributed by atoms with Crippen molar-refractivity contribution in [3.05, 3.63) is 65.2 Å². The van der Waals surface area contributed by atoms with Crippen LogP contribution in [0, 0.1) is 0 Å². The lowest BCUT2D eigenvalue weighted by Crippen LogP contribution is -2.40. The molecule has 29 heavy (non-hydrogen) atoms.